The Morgan fingerprint density at radius 2 is 1.80 bits per heavy atom. The third-order valence-electron chi connectivity index (χ3n) is 3.84. The lowest BCUT2D eigenvalue weighted by Crippen LogP contribution is -2.39. The lowest BCUT2D eigenvalue weighted by atomic mass is 9.92. The van der Waals surface area contributed by atoms with Gasteiger partial charge in [0.1, 0.15) is 5.60 Å². The van der Waals surface area contributed by atoms with Gasteiger partial charge in [-0.1, -0.05) is 26.8 Å². The third-order valence-corrected chi connectivity index (χ3v) is 3.84. The van der Waals surface area contributed by atoms with Gasteiger partial charge >= 0.3 is 6.09 Å². The first kappa shape index (κ1) is 19.3. The molecule has 1 N–H and O–H groups in total. The summed E-state index contributed by atoms with van der Waals surface area (Å²) in [5.41, 5.74) is 2.57. The van der Waals surface area contributed by atoms with Crippen molar-refractivity contribution in [2.24, 2.45) is 5.41 Å². The molecular weight excluding hydrogens is 316 g/mol. The number of anilines is 1. The molecule has 1 aliphatic heterocycles. The smallest absolute Gasteiger partial charge is 0.410 e. The molecule has 0 radical (unpaired) electrons. The predicted molar refractivity (Wildman–Crippen MR) is 99.5 cm³/mol. The van der Waals surface area contributed by atoms with Gasteiger partial charge in [0.2, 0.25) is 5.91 Å². The van der Waals surface area contributed by atoms with Gasteiger partial charge in [-0.2, -0.15) is 0 Å². The normalized spacial score (nSPS) is 14.7. The van der Waals surface area contributed by atoms with Crippen LogP contribution in [0.15, 0.2) is 18.2 Å². The molecule has 1 aliphatic rings. The number of carbonyl (C=O) groups excluding carboxylic acids is 2. The van der Waals surface area contributed by atoms with Crippen molar-refractivity contribution in [3.8, 4) is 0 Å². The average molecular weight is 346 g/mol. The number of ether oxygens (including phenoxy) is 1. The second-order valence-electron chi connectivity index (χ2n) is 8.92. The van der Waals surface area contributed by atoms with E-state index in [1.807, 2.05) is 59.7 Å². The molecule has 0 fully saturated rings. The number of amides is 2. The molecule has 138 valence electrons. The number of nitrogens with zero attached hydrogens (tertiary/aromatic N) is 1. The Balaban J connectivity index is 2.01. The maximum Gasteiger partial charge on any atom is 0.410 e. The van der Waals surface area contributed by atoms with Crippen LogP contribution in [-0.4, -0.2) is 29.0 Å². The second-order valence-corrected chi connectivity index (χ2v) is 8.92. The fourth-order valence-corrected chi connectivity index (χ4v) is 2.80. The van der Waals surface area contributed by atoms with Crippen LogP contribution in [0.4, 0.5) is 10.5 Å². The zero-order valence-corrected chi connectivity index (χ0v) is 16.2. The highest BCUT2D eigenvalue weighted by atomic mass is 16.6. The Bertz CT molecular complexity index is 654. The molecule has 0 saturated carbocycles. The second kappa shape index (κ2) is 7.06. The van der Waals surface area contributed by atoms with Crippen molar-refractivity contribution in [2.75, 3.05) is 11.9 Å². The van der Waals surface area contributed by atoms with Crippen LogP contribution in [0.3, 0.4) is 0 Å². The predicted octanol–water partition coefficient (Wildman–Crippen LogP) is 4.35. The number of fused-ring (bicyclic) bond motifs is 1. The molecule has 0 spiro atoms. The van der Waals surface area contributed by atoms with Gasteiger partial charge in [0, 0.05) is 25.2 Å². The number of carbonyl (C=O) groups is 2. The molecule has 0 bridgehead atoms. The van der Waals surface area contributed by atoms with Crippen molar-refractivity contribution in [2.45, 2.75) is 66.5 Å². The summed E-state index contributed by atoms with van der Waals surface area (Å²) >= 11 is 0. The van der Waals surface area contributed by atoms with Crippen molar-refractivity contribution < 1.29 is 14.3 Å². The highest BCUT2D eigenvalue weighted by Gasteiger charge is 2.26. The summed E-state index contributed by atoms with van der Waals surface area (Å²) in [5, 5.41) is 2.97. The van der Waals surface area contributed by atoms with Crippen LogP contribution in [0.25, 0.3) is 0 Å². The highest BCUT2D eigenvalue weighted by Crippen LogP contribution is 2.25. The van der Waals surface area contributed by atoms with Gasteiger partial charge in [-0.15, -0.1) is 0 Å². The molecule has 0 aliphatic carbocycles. The number of rotatable bonds is 2. The van der Waals surface area contributed by atoms with Gasteiger partial charge in [-0.05, 0) is 55.9 Å². The minimum absolute atomic E-state index is 0.0265. The molecule has 1 aromatic carbocycles. The minimum Gasteiger partial charge on any atom is -0.444 e. The van der Waals surface area contributed by atoms with Crippen LogP contribution < -0.4 is 5.32 Å². The van der Waals surface area contributed by atoms with Gasteiger partial charge in [-0.25, -0.2) is 4.79 Å². The average Bonchev–Trinajstić information content (AvgIpc) is 2.42. The Kier molecular flexibility index (Phi) is 5.45. The largest absolute Gasteiger partial charge is 0.444 e. The van der Waals surface area contributed by atoms with Gasteiger partial charge in [0.15, 0.2) is 0 Å². The van der Waals surface area contributed by atoms with E-state index >= 15 is 0 Å². The molecule has 0 aromatic heterocycles. The van der Waals surface area contributed by atoms with Crippen LogP contribution in [0.2, 0.25) is 0 Å². The third kappa shape index (κ3) is 6.07. The number of hydrogen-bond acceptors (Lipinski definition) is 3. The maximum atomic E-state index is 12.2. The van der Waals surface area contributed by atoms with Crippen LogP contribution in [-0.2, 0) is 22.5 Å². The van der Waals surface area contributed by atoms with E-state index in [0.29, 0.717) is 19.5 Å². The molecule has 1 heterocycles. The lowest BCUT2D eigenvalue weighted by Gasteiger charge is -2.31. The molecule has 0 unspecified atom stereocenters. The summed E-state index contributed by atoms with van der Waals surface area (Å²) in [5.74, 6) is 0.0265. The Hall–Kier alpha value is -2.04. The van der Waals surface area contributed by atoms with E-state index in [1.165, 1.54) is 5.56 Å². The number of hydrogen-bond donors (Lipinski definition) is 1. The number of benzene rings is 1. The molecule has 5 nitrogen and oxygen atoms in total. The SMILES string of the molecule is CC(C)(C)CC(=O)Nc1ccc2c(c1)CCN(C(=O)OC(C)(C)C)C2. The van der Waals surface area contributed by atoms with Crippen molar-refractivity contribution in [3.63, 3.8) is 0 Å². The van der Waals surface area contributed by atoms with Crippen LogP contribution in [0.5, 0.6) is 0 Å². The summed E-state index contributed by atoms with van der Waals surface area (Å²) in [6.45, 7) is 12.9. The van der Waals surface area contributed by atoms with E-state index in [9.17, 15) is 9.59 Å². The summed E-state index contributed by atoms with van der Waals surface area (Å²) in [7, 11) is 0. The van der Waals surface area contributed by atoms with Gasteiger partial charge in [0.05, 0.1) is 0 Å². The quantitative estimate of drug-likeness (QED) is 0.866. The van der Waals surface area contributed by atoms with Crippen LogP contribution >= 0.6 is 0 Å². The zero-order valence-electron chi connectivity index (χ0n) is 16.2. The zero-order chi connectivity index (χ0) is 18.8. The van der Waals surface area contributed by atoms with E-state index in [1.54, 1.807) is 4.90 Å². The van der Waals surface area contributed by atoms with Crippen LogP contribution in [0, 0.1) is 5.41 Å². The van der Waals surface area contributed by atoms with E-state index in [4.69, 9.17) is 4.74 Å². The summed E-state index contributed by atoms with van der Waals surface area (Å²) in [6, 6.07) is 5.90. The fraction of sp³-hybridized carbons (Fsp3) is 0.600. The van der Waals surface area contributed by atoms with E-state index < -0.39 is 5.60 Å². The number of nitrogens with one attached hydrogen (secondary N) is 1. The van der Waals surface area contributed by atoms with Gasteiger partial charge < -0.3 is 15.0 Å². The van der Waals surface area contributed by atoms with Crippen molar-refractivity contribution >= 4 is 17.7 Å². The van der Waals surface area contributed by atoms with Crippen molar-refractivity contribution in [1.82, 2.24) is 4.90 Å². The summed E-state index contributed by atoms with van der Waals surface area (Å²) < 4.78 is 5.44. The van der Waals surface area contributed by atoms with Crippen molar-refractivity contribution in [3.05, 3.63) is 29.3 Å². The van der Waals surface area contributed by atoms with Crippen molar-refractivity contribution in [1.29, 1.82) is 0 Å². The molecule has 2 rings (SSSR count). The van der Waals surface area contributed by atoms with E-state index in [0.717, 1.165) is 17.7 Å². The van der Waals surface area contributed by atoms with Gasteiger partial charge in [0.25, 0.3) is 0 Å². The molecule has 0 saturated heterocycles. The van der Waals surface area contributed by atoms with Crippen LogP contribution in [0.1, 0.15) is 59.1 Å². The monoisotopic (exact) mass is 346 g/mol. The topological polar surface area (TPSA) is 58.6 Å². The fourth-order valence-electron chi connectivity index (χ4n) is 2.80. The first-order chi connectivity index (χ1) is 11.4. The maximum absolute atomic E-state index is 12.2. The summed E-state index contributed by atoms with van der Waals surface area (Å²) in [6.07, 6.45) is 0.967. The lowest BCUT2D eigenvalue weighted by molar-refractivity contribution is -0.117. The Labute approximate surface area is 150 Å². The molecule has 0 atom stereocenters. The highest BCUT2D eigenvalue weighted by molar-refractivity contribution is 5.91. The first-order valence-electron chi connectivity index (χ1n) is 8.82. The van der Waals surface area contributed by atoms with E-state index in [-0.39, 0.29) is 17.4 Å². The Morgan fingerprint density at radius 1 is 1.12 bits per heavy atom. The minimum atomic E-state index is -0.488. The molecule has 1 aromatic rings. The van der Waals surface area contributed by atoms with E-state index in [2.05, 4.69) is 5.32 Å². The standard InChI is InChI=1S/C20H30N2O3/c1-19(2,3)12-17(23)21-16-8-7-15-13-22(10-9-14(15)11-16)18(24)25-20(4,5)6/h7-8,11H,9-10,12-13H2,1-6H3,(H,21,23). The molecule has 5 heteroatoms. The molecule has 2 amide bonds. The molecular formula is C20H30N2O3. The van der Waals surface area contributed by atoms with Gasteiger partial charge in [-0.3, -0.25) is 4.79 Å². The Morgan fingerprint density at radius 3 is 2.40 bits per heavy atom. The molecule has 25 heavy (non-hydrogen) atoms. The first-order valence-corrected chi connectivity index (χ1v) is 8.82. The summed E-state index contributed by atoms with van der Waals surface area (Å²) in [4.78, 5) is 26.0.